The Balaban J connectivity index is 2.69. The maximum atomic E-state index is 9.38. The lowest BCUT2D eigenvalue weighted by molar-refractivity contribution is 0.340. The highest BCUT2D eigenvalue weighted by Gasteiger charge is 2.18. The molecule has 8 nitrogen and oxygen atoms in total. The van der Waals surface area contributed by atoms with Gasteiger partial charge in [-0.15, -0.1) is 0 Å². The number of nitrogens with zero attached hydrogens (tertiary/aromatic N) is 3. The highest BCUT2D eigenvalue weighted by atomic mass is 16.5. The van der Waals surface area contributed by atoms with Gasteiger partial charge < -0.3 is 26.3 Å². The summed E-state index contributed by atoms with van der Waals surface area (Å²) in [4.78, 5) is 7.76. The van der Waals surface area contributed by atoms with Gasteiger partial charge in [0.2, 0.25) is 5.95 Å². The molecule has 0 fully saturated rings. The maximum Gasteiger partial charge on any atom is 0.488 e. The molecule has 0 spiro atoms. The van der Waals surface area contributed by atoms with E-state index < -0.39 is 7.12 Å². The number of nitriles is 1. The number of ether oxygens (including phenoxy) is 1. The minimum Gasteiger partial charge on any atom is -0.494 e. The molecule has 22 heavy (non-hydrogen) atoms. The summed E-state index contributed by atoms with van der Waals surface area (Å²) in [5.74, 6) is 0.278. The lowest BCUT2D eigenvalue weighted by Gasteiger charge is -2.11. The van der Waals surface area contributed by atoms with Crippen molar-refractivity contribution in [3.05, 3.63) is 23.8 Å². The van der Waals surface area contributed by atoms with Crippen molar-refractivity contribution >= 4 is 24.3 Å². The smallest absolute Gasteiger partial charge is 0.488 e. The molecular weight excluding hydrogens is 285 g/mol. The predicted octanol–water partition coefficient (Wildman–Crippen LogP) is -0.742. The van der Waals surface area contributed by atoms with Crippen LogP contribution in [0.1, 0.15) is 12.5 Å². The number of anilines is 2. The fourth-order valence-corrected chi connectivity index (χ4v) is 1.97. The maximum absolute atomic E-state index is 9.38. The summed E-state index contributed by atoms with van der Waals surface area (Å²) in [6.07, 6.45) is 0. The number of nitrogen functional groups attached to an aromatic ring is 2. The molecule has 0 bridgehead atoms. The fourth-order valence-electron chi connectivity index (χ4n) is 1.97. The SMILES string of the molecule is CCOc1cc(B(O)O)cc(-c2nc(N)nc(N)c2C#N)c1. The second kappa shape index (κ2) is 6.30. The van der Waals surface area contributed by atoms with Gasteiger partial charge in [-0.2, -0.15) is 10.2 Å². The van der Waals surface area contributed by atoms with Crippen molar-refractivity contribution in [2.75, 3.05) is 18.1 Å². The van der Waals surface area contributed by atoms with Crippen molar-refractivity contribution < 1.29 is 14.8 Å². The summed E-state index contributed by atoms with van der Waals surface area (Å²) in [5, 5.41) is 28.0. The molecule has 0 aliphatic rings. The molecule has 0 saturated carbocycles. The van der Waals surface area contributed by atoms with Crippen LogP contribution in [0.3, 0.4) is 0 Å². The summed E-state index contributed by atoms with van der Waals surface area (Å²) in [6, 6.07) is 6.48. The van der Waals surface area contributed by atoms with E-state index in [9.17, 15) is 15.3 Å². The van der Waals surface area contributed by atoms with E-state index in [-0.39, 0.29) is 28.5 Å². The van der Waals surface area contributed by atoms with E-state index in [1.165, 1.54) is 12.1 Å². The Morgan fingerprint density at radius 2 is 2.00 bits per heavy atom. The number of rotatable bonds is 4. The number of hydrogen-bond donors (Lipinski definition) is 4. The largest absolute Gasteiger partial charge is 0.494 e. The Kier molecular flexibility index (Phi) is 4.46. The van der Waals surface area contributed by atoms with Crippen molar-refractivity contribution in [3.63, 3.8) is 0 Å². The Hall–Kier alpha value is -2.83. The van der Waals surface area contributed by atoms with E-state index in [0.29, 0.717) is 17.9 Å². The van der Waals surface area contributed by atoms with Gasteiger partial charge in [-0.05, 0) is 24.5 Å². The van der Waals surface area contributed by atoms with E-state index in [2.05, 4.69) is 9.97 Å². The van der Waals surface area contributed by atoms with Gasteiger partial charge in [0.25, 0.3) is 0 Å². The Labute approximate surface area is 127 Å². The highest BCUT2D eigenvalue weighted by Crippen LogP contribution is 2.27. The van der Waals surface area contributed by atoms with Crippen molar-refractivity contribution in [3.8, 4) is 23.1 Å². The average Bonchev–Trinajstić information content (AvgIpc) is 2.46. The summed E-state index contributed by atoms with van der Waals surface area (Å²) in [5.41, 5.74) is 12.1. The molecule has 9 heteroatoms. The standard InChI is InChI=1S/C13H14BN5O3/c1-2-22-9-4-7(3-8(5-9)14(20)21)11-10(6-15)12(16)19-13(17)18-11/h3-5,20-21H,2H2,1H3,(H4,16,17,18,19). The van der Waals surface area contributed by atoms with E-state index >= 15 is 0 Å². The third-order valence-electron chi connectivity index (χ3n) is 2.88. The molecule has 0 radical (unpaired) electrons. The molecule has 1 aromatic carbocycles. The van der Waals surface area contributed by atoms with Crippen molar-refractivity contribution in [2.45, 2.75) is 6.92 Å². The van der Waals surface area contributed by atoms with Crippen molar-refractivity contribution in [2.24, 2.45) is 0 Å². The molecule has 6 N–H and O–H groups in total. The summed E-state index contributed by atoms with van der Waals surface area (Å²) in [6.45, 7) is 2.19. The van der Waals surface area contributed by atoms with Gasteiger partial charge in [0, 0.05) is 5.56 Å². The summed E-state index contributed by atoms with van der Waals surface area (Å²) < 4.78 is 5.38. The van der Waals surface area contributed by atoms with E-state index in [0.717, 1.165) is 0 Å². The number of nitrogens with two attached hydrogens (primary N) is 2. The minimum absolute atomic E-state index is 0.0436. The first kappa shape index (κ1) is 15.6. The monoisotopic (exact) mass is 299 g/mol. The van der Waals surface area contributed by atoms with E-state index in [1.807, 2.05) is 6.07 Å². The van der Waals surface area contributed by atoms with E-state index in [1.54, 1.807) is 13.0 Å². The number of aromatic nitrogens is 2. The Bertz CT molecular complexity index is 745. The second-order valence-corrected chi connectivity index (χ2v) is 4.40. The zero-order chi connectivity index (χ0) is 16.3. The fraction of sp³-hybridized carbons (Fsp3) is 0.154. The molecular formula is C13H14BN5O3. The molecule has 0 aliphatic heterocycles. The van der Waals surface area contributed by atoms with Gasteiger partial charge in [0.15, 0.2) is 0 Å². The molecule has 0 aliphatic carbocycles. The molecule has 0 saturated heterocycles. The molecule has 2 aromatic rings. The molecule has 2 rings (SSSR count). The zero-order valence-electron chi connectivity index (χ0n) is 11.8. The highest BCUT2D eigenvalue weighted by molar-refractivity contribution is 6.58. The quantitative estimate of drug-likeness (QED) is 0.539. The predicted molar refractivity (Wildman–Crippen MR) is 82.0 cm³/mol. The summed E-state index contributed by atoms with van der Waals surface area (Å²) >= 11 is 0. The van der Waals surface area contributed by atoms with Crippen LogP contribution >= 0.6 is 0 Å². The summed E-state index contributed by atoms with van der Waals surface area (Å²) in [7, 11) is -1.69. The van der Waals surface area contributed by atoms with Crippen LogP contribution in [-0.4, -0.2) is 33.7 Å². The van der Waals surface area contributed by atoms with Crippen LogP contribution in [0.15, 0.2) is 18.2 Å². The van der Waals surface area contributed by atoms with Crippen molar-refractivity contribution in [1.29, 1.82) is 5.26 Å². The van der Waals surface area contributed by atoms with Crippen LogP contribution in [0.25, 0.3) is 11.3 Å². The van der Waals surface area contributed by atoms with E-state index in [4.69, 9.17) is 16.2 Å². The van der Waals surface area contributed by atoms with Crippen LogP contribution < -0.4 is 21.7 Å². The Morgan fingerprint density at radius 1 is 1.27 bits per heavy atom. The van der Waals surface area contributed by atoms with Gasteiger partial charge in [-0.25, -0.2) is 4.98 Å². The van der Waals surface area contributed by atoms with Crippen LogP contribution in [0.5, 0.6) is 5.75 Å². The molecule has 1 aromatic heterocycles. The zero-order valence-corrected chi connectivity index (χ0v) is 11.8. The van der Waals surface area contributed by atoms with Gasteiger partial charge in [-0.3, -0.25) is 0 Å². The molecule has 1 heterocycles. The molecule has 0 unspecified atom stereocenters. The van der Waals surface area contributed by atoms with Crippen LogP contribution in [0.2, 0.25) is 0 Å². The first-order chi connectivity index (χ1) is 10.5. The van der Waals surface area contributed by atoms with Gasteiger partial charge in [0.05, 0.1) is 12.3 Å². The minimum atomic E-state index is -1.69. The third-order valence-corrected chi connectivity index (χ3v) is 2.88. The lowest BCUT2D eigenvalue weighted by Crippen LogP contribution is -2.30. The first-order valence-electron chi connectivity index (χ1n) is 6.43. The van der Waals surface area contributed by atoms with Gasteiger partial charge >= 0.3 is 7.12 Å². The van der Waals surface area contributed by atoms with Gasteiger partial charge in [-0.1, -0.05) is 6.07 Å². The lowest BCUT2D eigenvalue weighted by atomic mass is 9.79. The average molecular weight is 299 g/mol. The first-order valence-corrected chi connectivity index (χ1v) is 6.43. The molecule has 0 atom stereocenters. The number of benzene rings is 1. The molecule has 112 valence electrons. The number of hydrogen-bond acceptors (Lipinski definition) is 8. The van der Waals surface area contributed by atoms with Crippen LogP contribution in [0, 0.1) is 11.3 Å². The van der Waals surface area contributed by atoms with Crippen molar-refractivity contribution in [1.82, 2.24) is 9.97 Å². The molecule has 0 amide bonds. The topological polar surface area (TPSA) is 151 Å². The van der Waals surface area contributed by atoms with Crippen LogP contribution in [0.4, 0.5) is 11.8 Å². The second-order valence-electron chi connectivity index (χ2n) is 4.40. The van der Waals surface area contributed by atoms with Crippen LogP contribution in [-0.2, 0) is 0 Å². The normalized spacial score (nSPS) is 10.1. The van der Waals surface area contributed by atoms with Gasteiger partial charge in [0.1, 0.15) is 23.2 Å². The Morgan fingerprint density at radius 3 is 2.59 bits per heavy atom. The third kappa shape index (κ3) is 3.08.